The van der Waals surface area contributed by atoms with E-state index in [-0.39, 0.29) is 0 Å². The molecule has 100 valence electrons. The number of aromatic nitrogens is 2. The van der Waals surface area contributed by atoms with E-state index in [4.69, 9.17) is 0 Å². The molecule has 4 heteroatoms. The Morgan fingerprint density at radius 2 is 2.06 bits per heavy atom. The monoisotopic (exact) mass is 248 g/mol. The van der Waals surface area contributed by atoms with Crippen molar-refractivity contribution in [3.05, 3.63) is 18.7 Å². The van der Waals surface area contributed by atoms with Gasteiger partial charge in [0.1, 0.15) is 0 Å². The Labute approximate surface area is 109 Å². The molecule has 2 fully saturated rings. The first kappa shape index (κ1) is 12.2. The number of fused-ring (bicyclic) bond motifs is 2. The fourth-order valence-corrected chi connectivity index (χ4v) is 3.96. The third-order valence-electron chi connectivity index (χ3n) is 4.74. The molecule has 0 saturated carbocycles. The van der Waals surface area contributed by atoms with Gasteiger partial charge in [-0.25, -0.2) is 4.98 Å². The second-order valence-corrected chi connectivity index (χ2v) is 5.90. The molecule has 3 rings (SSSR count). The molecule has 1 aromatic heterocycles. The van der Waals surface area contributed by atoms with E-state index < -0.39 is 0 Å². The molecule has 2 saturated heterocycles. The summed E-state index contributed by atoms with van der Waals surface area (Å²) in [7, 11) is 2.11. The summed E-state index contributed by atoms with van der Waals surface area (Å²) in [5.41, 5.74) is 0. The Balaban J connectivity index is 1.66. The predicted octanol–water partition coefficient (Wildman–Crippen LogP) is 1.49. The Bertz CT molecular complexity index is 361. The summed E-state index contributed by atoms with van der Waals surface area (Å²) >= 11 is 0. The first-order valence-corrected chi connectivity index (χ1v) is 7.18. The fourth-order valence-electron chi connectivity index (χ4n) is 3.96. The van der Waals surface area contributed by atoms with Crippen LogP contribution in [-0.2, 0) is 6.54 Å². The van der Waals surface area contributed by atoms with Crippen LogP contribution in [0.4, 0.5) is 0 Å². The van der Waals surface area contributed by atoms with Crippen LogP contribution in [0.2, 0.25) is 0 Å². The Morgan fingerprint density at radius 3 is 2.61 bits per heavy atom. The second kappa shape index (κ2) is 5.02. The minimum Gasteiger partial charge on any atom is -0.336 e. The highest BCUT2D eigenvalue weighted by Crippen LogP contribution is 2.37. The fraction of sp³-hybridized carbons (Fsp3) is 0.786. The highest BCUT2D eigenvalue weighted by Gasteiger charge is 2.42. The lowest BCUT2D eigenvalue weighted by Gasteiger charge is -2.42. The van der Waals surface area contributed by atoms with E-state index in [9.17, 15) is 0 Å². The van der Waals surface area contributed by atoms with Crippen LogP contribution in [0.3, 0.4) is 0 Å². The van der Waals surface area contributed by atoms with Crippen molar-refractivity contribution in [1.29, 1.82) is 0 Å². The minimum atomic E-state index is 0.620. The molecule has 2 aliphatic rings. The number of piperidine rings is 1. The molecule has 18 heavy (non-hydrogen) atoms. The van der Waals surface area contributed by atoms with E-state index in [1.54, 1.807) is 0 Å². The van der Waals surface area contributed by atoms with Crippen molar-refractivity contribution in [2.75, 3.05) is 7.05 Å². The lowest BCUT2D eigenvalue weighted by atomic mass is 9.96. The minimum absolute atomic E-state index is 0.620. The molecule has 1 N–H and O–H groups in total. The third-order valence-corrected chi connectivity index (χ3v) is 4.74. The smallest absolute Gasteiger partial charge is 0.0946 e. The van der Waals surface area contributed by atoms with Crippen LogP contribution in [0.5, 0.6) is 0 Å². The third kappa shape index (κ3) is 2.19. The largest absolute Gasteiger partial charge is 0.336 e. The SMILES string of the molecule is CNC1CC2CCC(C1)N2C(C)Cn1ccnc1. The average molecular weight is 248 g/mol. The average Bonchev–Trinajstić information content (AvgIpc) is 2.95. The number of nitrogens with zero attached hydrogens (tertiary/aromatic N) is 3. The quantitative estimate of drug-likeness (QED) is 0.876. The van der Waals surface area contributed by atoms with Gasteiger partial charge < -0.3 is 9.88 Å². The molecule has 3 unspecified atom stereocenters. The van der Waals surface area contributed by atoms with Gasteiger partial charge in [-0.05, 0) is 39.7 Å². The molecule has 4 nitrogen and oxygen atoms in total. The van der Waals surface area contributed by atoms with Gasteiger partial charge in [0, 0.05) is 43.1 Å². The topological polar surface area (TPSA) is 33.1 Å². The molecule has 3 atom stereocenters. The number of nitrogens with one attached hydrogen (secondary N) is 1. The summed E-state index contributed by atoms with van der Waals surface area (Å²) in [4.78, 5) is 6.91. The summed E-state index contributed by atoms with van der Waals surface area (Å²) in [5.74, 6) is 0. The lowest BCUT2D eigenvalue weighted by Crippen LogP contribution is -2.52. The molecule has 0 aromatic carbocycles. The molecule has 0 aliphatic carbocycles. The number of rotatable bonds is 4. The first-order valence-electron chi connectivity index (χ1n) is 7.18. The highest BCUT2D eigenvalue weighted by molar-refractivity contribution is 4.99. The van der Waals surface area contributed by atoms with E-state index in [0.29, 0.717) is 6.04 Å². The van der Waals surface area contributed by atoms with Gasteiger partial charge in [0.15, 0.2) is 0 Å². The summed E-state index contributed by atoms with van der Waals surface area (Å²) in [5, 5.41) is 3.47. The highest BCUT2D eigenvalue weighted by atomic mass is 15.3. The molecule has 0 spiro atoms. The van der Waals surface area contributed by atoms with E-state index in [1.165, 1.54) is 25.7 Å². The van der Waals surface area contributed by atoms with Crippen LogP contribution in [0, 0.1) is 0 Å². The zero-order valence-electron chi connectivity index (χ0n) is 11.4. The molecular formula is C14H24N4. The van der Waals surface area contributed by atoms with Gasteiger partial charge in [0.05, 0.1) is 6.33 Å². The lowest BCUT2D eigenvalue weighted by molar-refractivity contribution is 0.0711. The normalized spacial score (nSPS) is 33.8. The van der Waals surface area contributed by atoms with Crippen molar-refractivity contribution in [1.82, 2.24) is 19.8 Å². The van der Waals surface area contributed by atoms with Crippen molar-refractivity contribution >= 4 is 0 Å². The standard InChI is InChI=1S/C14H24N4/c1-11(9-17-6-5-16-10-17)18-13-3-4-14(18)8-12(7-13)15-2/h5-6,10-15H,3-4,7-9H2,1-2H3. The van der Waals surface area contributed by atoms with Crippen LogP contribution in [0.1, 0.15) is 32.6 Å². The van der Waals surface area contributed by atoms with Crippen LogP contribution >= 0.6 is 0 Å². The van der Waals surface area contributed by atoms with Gasteiger partial charge >= 0.3 is 0 Å². The summed E-state index contributed by atoms with van der Waals surface area (Å²) in [6, 6.07) is 2.94. The summed E-state index contributed by atoms with van der Waals surface area (Å²) in [6.45, 7) is 3.43. The maximum atomic E-state index is 4.13. The van der Waals surface area contributed by atoms with Gasteiger partial charge in [-0.3, -0.25) is 4.90 Å². The maximum Gasteiger partial charge on any atom is 0.0946 e. The predicted molar refractivity (Wildman–Crippen MR) is 72.4 cm³/mol. The molecule has 2 bridgehead atoms. The van der Waals surface area contributed by atoms with Gasteiger partial charge in [-0.1, -0.05) is 0 Å². The van der Waals surface area contributed by atoms with Crippen molar-refractivity contribution < 1.29 is 0 Å². The van der Waals surface area contributed by atoms with Crippen LogP contribution < -0.4 is 5.32 Å². The van der Waals surface area contributed by atoms with Crippen molar-refractivity contribution in [3.63, 3.8) is 0 Å². The second-order valence-electron chi connectivity index (χ2n) is 5.90. The molecular weight excluding hydrogens is 224 g/mol. The summed E-state index contributed by atoms with van der Waals surface area (Å²) in [6.07, 6.45) is 11.3. The van der Waals surface area contributed by atoms with Gasteiger partial charge in [-0.15, -0.1) is 0 Å². The zero-order valence-corrected chi connectivity index (χ0v) is 11.4. The van der Waals surface area contributed by atoms with E-state index in [1.807, 2.05) is 12.5 Å². The van der Waals surface area contributed by atoms with Crippen molar-refractivity contribution in [2.45, 2.75) is 63.3 Å². The molecule has 2 aliphatic heterocycles. The van der Waals surface area contributed by atoms with E-state index in [2.05, 4.69) is 39.9 Å². The molecule has 3 heterocycles. The van der Waals surface area contributed by atoms with Gasteiger partial charge in [0.2, 0.25) is 0 Å². The Morgan fingerprint density at radius 1 is 1.33 bits per heavy atom. The van der Waals surface area contributed by atoms with Gasteiger partial charge in [0.25, 0.3) is 0 Å². The molecule has 0 radical (unpaired) electrons. The molecule has 0 amide bonds. The van der Waals surface area contributed by atoms with Gasteiger partial charge in [-0.2, -0.15) is 0 Å². The molecule has 1 aromatic rings. The van der Waals surface area contributed by atoms with E-state index >= 15 is 0 Å². The number of imidazole rings is 1. The van der Waals surface area contributed by atoms with Crippen LogP contribution in [0.25, 0.3) is 0 Å². The maximum absolute atomic E-state index is 4.13. The summed E-state index contributed by atoms with van der Waals surface area (Å²) < 4.78 is 2.20. The van der Waals surface area contributed by atoms with Crippen LogP contribution in [0.15, 0.2) is 18.7 Å². The van der Waals surface area contributed by atoms with Crippen LogP contribution in [-0.4, -0.2) is 45.7 Å². The Kier molecular flexibility index (Phi) is 3.39. The number of hydrogen-bond donors (Lipinski definition) is 1. The number of hydrogen-bond acceptors (Lipinski definition) is 3. The van der Waals surface area contributed by atoms with Crippen molar-refractivity contribution in [2.24, 2.45) is 0 Å². The Hall–Kier alpha value is -0.870. The van der Waals surface area contributed by atoms with E-state index in [0.717, 1.165) is 24.7 Å². The zero-order chi connectivity index (χ0) is 12.5. The first-order chi connectivity index (χ1) is 8.78. The van der Waals surface area contributed by atoms with Crippen molar-refractivity contribution in [3.8, 4) is 0 Å².